The number of rotatable bonds is 7. The Morgan fingerprint density at radius 2 is 1.70 bits per heavy atom. The fourth-order valence-corrected chi connectivity index (χ4v) is 5.22. The van der Waals surface area contributed by atoms with Crippen molar-refractivity contribution in [2.45, 2.75) is 49.7 Å². The summed E-state index contributed by atoms with van der Waals surface area (Å²) in [6, 6.07) is 23.2. The lowest BCUT2D eigenvalue weighted by Crippen LogP contribution is -2.54. The summed E-state index contributed by atoms with van der Waals surface area (Å²) in [5.41, 5.74) is 9.23. The van der Waals surface area contributed by atoms with Crippen LogP contribution in [0.25, 0.3) is 11.1 Å². The SMILES string of the molecule is CCNC(=O)c1ccccc1-c1ccc(CN2Cc3ccccc3S[C@@H](NC(=O)C(C)(C)N)C2=O)cc1. The topological polar surface area (TPSA) is 105 Å². The number of carbonyl (C=O) groups is 3. The van der Waals surface area contributed by atoms with Crippen LogP contribution in [0.3, 0.4) is 0 Å². The van der Waals surface area contributed by atoms with E-state index in [0.29, 0.717) is 25.2 Å². The third kappa shape index (κ3) is 6.21. The lowest BCUT2D eigenvalue weighted by molar-refractivity contribution is -0.135. The van der Waals surface area contributed by atoms with Gasteiger partial charge in [-0.15, -0.1) is 0 Å². The molecule has 1 heterocycles. The number of carbonyl (C=O) groups excluding carboxylic acids is 3. The van der Waals surface area contributed by atoms with Gasteiger partial charge in [0.1, 0.15) is 0 Å². The van der Waals surface area contributed by atoms with Gasteiger partial charge >= 0.3 is 0 Å². The molecule has 0 radical (unpaired) electrons. The predicted octanol–water partition coefficient (Wildman–Crippen LogP) is 3.92. The maximum Gasteiger partial charge on any atom is 0.256 e. The minimum absolute atomic E-state index is 0.109. The summed E-state index contributed by atoms with van der Waals surface area (Å²) in [5, 5.41) is 4.92. The van der Waals surface area contributed by atoms with Crippen molar-refractivity contribution in [1.82, 2.24) is 15.5 Å². The van der Waals surface area contributed by atoms with Crippen molar-refractivity contribution in [3.05, 3.63) is 89.5 Å². The third-order valence-corrected chi connectivity index (χ3v) is 7.32. The van der Waals surface area contributed by atoms with Crippen LogP contribution in [-0.2, 0) is 22.7 Å². The van der Waals surface area contributed by atoms with Crippen LogP contribution >= 0.6 is 11.8 Å². The molecule has 3 aromatic rings. The Morgan fingerprint density at radius 3 is 2.41 bits per heavy atom. The fraction of sp³-hybridized carbons (Fsp3) is 0.276. The number of hydrogen-bond donors (Lipinski definition) is 3. The second-order valence-corrected chi connectivity index (χ2v) is 10.7. The van der Waals surface area contributed by atoms with E-state index in [-0.39, 0.29) is 17.7 Å². The smallest absolute Gasteiger partial charge is 0.256 e. The van der Waals surface area contributed by atoms with E-state index in [1.807, 2.05) is 79.7 Å². The largest absolute Gasteiger partial charge is 0.352 e. The Kier molecular flexibility index (Phi) is 8.00. The Bertz CT molecular complexity index is 1300. The molecule has 4 N–H and O–H groups in total. The molecular weight excluding hydrogens is 484 g/mol. The first-order valence-electron chi connectivity index (χ1n) is 12.3. The molecule has 4 rings (SSSR count). The molecule has 0 aromatic heterocycles. The normalized spacial score (nSPS) is 15.5. The molecule has 3 aromatic carbocycles. The number of nitrogens with two attached hydrogens (primary N) is 1. The van der Waals surface area contributed by atoms with Gasteiger partial charge in [-0.3, -0.25) is 14.4 Å². The molecule has 192 valence electrons. The highest BCUT2D eigenvalue weighted by Crippen LogP contribution is 2.33. The number of thioether (sulfide) groups is 1. The van der Waals surface area contributed by atoms with Gasteiger partial charge in [0, 0.05) is 30.1 Å². The molecule has 0 aliphatic carbocycles. The molecule has 1 aliphatic heterocycles. The molecule has 1 atom stereocenters. The van der Waals surface area contributed by atoms with E-state index in [4.69, 9.17) is 5.73 Å². The summed E-state index contributed by atoms with van der Waals surface area (Å²) in [6.45, 7) is 6.49. The molecule has 3 amide bonds. The second-order valence-electron chi connectivity index (χ2n) is 9.60. The summed E-state index contributed by atoms with van der Waals surface area (Å²) in [4.78, 5) is 41.4. The number of benzene rings is 3. The van der Waals surface area contributed by atoms with Crippen molar-refractivity contribution in [3.63, 3.8) is 0 Å². The van der Waals surface area contributed by atoms with Crippen LogP contribution in [0, 0.1) is 0 Å². The molecule has 7 nitrogen and oxygen atoms in total. The molecule has 0 unspecified atom stereocenters. The van der Waals surface area contributed by atoms with Crippen molar-refractivity contribution in [2.75, 3.05) is 6.54 Å². The Hall–Kier alpha value is -3.62. The van der Waals surface area contributed by atoms with Crippen molar-refractivity contribution in [3.8, 4) is 11.1 Å². The standard InChI is InChI=1S/C29H32N4O3S/c1-4-31-25(34)23-11-7-6-10-22(23)20-15-13-19(14-16-20)17-33-18-21-9-5-8-12-24(21)37-26(27(33)35)32-28(36)29(2,3)30/h5-16,26H,4,17-18,30H2,1-3H3,(H,31,34)(H,32,36)/t26-/m1/s1. The van der Waals surface area contributed by atoms with Crippen LogP contribution in [0.4, 0.5) is 0 Å². The van der Waals surface area contributed by atoms with Gasteiger partial charge in [-0.05, 0) is 55.2 Å². The Labute approximate surface area is 221 Å². The van der Waals surface area contributed by atoms with Crippen LogP contribution < -0.4 is 16.4 Å². The highest BCUT2D eigenvalue weighted by molar-refractivity contribution is 8.00. The minimum atomic E-state index is -1.10. The average Bonchev–Trinajstić information content (AvgIpc) is 3.00. The summed E-state index contributed by atoms with van der Waals surface area (Å²) in [7, 11) is 0. The van der Waals surface area contributed by atoms with E-state index in [9.17, 15) is 14.4 Å². The van der Waals surface area contributed by atoms with Crippen LogP contribution in [0.2, 0.25) is 0 Å². The average molecular weight is 517 g/mol. The summed E-state index contributed by atoms with van der Waals surface area (Å²) >= 11 is 1.34. The first-order chi connectivity index (χ1) is 17.7. The third-order valence-electron chi connectivity index (χ3n) is 6.11. The van der Waals surface area contributed by atoms with Gasteiger partial charge in [0.05, 0.1) is 5.54 Å². The zero-order chi connectivity index (χ0) is 26.6. The van der Waals surface area contributed by atoms with E-state index in [2.05, 4.69) is 10.6 Å². The molecule has 1 aliphatic rings. The molecule has 37 heavy (non-hydrogen) atoms. The molecule has 8 heteroatoms. The molecule has 0 bridgehead atoms. The van der Waals surface area contributed by atoms with Crippen LogP contribution in [0.5, 0.6) is 0 Å². The zero-order valence-corrected chi connectivity index (χ0v) is 22.1. The highest BCUT2D eigenvalue weighted by atomic mass is 32.2. The van der Waals surface area contributed by atoms with E-state index in [0.717, 1.165) is 27.1 Å². The molecule has 0 saturated carbocycles. The van der Waals surface area contributed by atoms with Gasteiger partial charge in [-0.2, -0.15) is 0 Å². The van der Waals surface area contributed by atoms with Crippen LogP contribution in [0.15, 0.2) is 77.7 Å². The first-order valence-corrected chi connectivity index (χ1v) is 13.1. The Balaban J connectivity index is 1.58. The van der Waals surface area contributed by atoms with Crippen molar-refractivity contribution >= 4 is 29.5 Å². The number of fused-ring (bicyclic) bond motifs is 1. The molecule has 0 fully saturated rings. The fourth-order valence-electron chi connectivity index (χ4n) is 4.10. The summed E-state index contributed by atoms with van der Waals surface area (Å²) in [5.74, 6) is -0.667. The van der Waals surface area contributed by atoms with Crippen molar-refractivity contribution < 1.29 is 14.4 Å². The number of nitrogens with zero attached hydrogens (tertiary/aromatic N) is 1. The van der Waals surface area contributed by atoms with Crippen molar-refractivity contribution in [1.29, 1.82) is 0 Å². The summed E-state index contributed by atoms with van der Waals surface area (Å²) < 4.78 is 0. The molecule has 0 spiro atoms. The molecular formula is C29H32N4O3S. The van der Waals surface area contributed by atoms with Gasteiger partial charge in [0.25, 0.3) is 11.8 Å². The van der Waals surface area contributed by atoms with Crippen LogP contribution in [0.1, 0.15) is 42.3 Å². The first kappa shape index (κ1) is 26.4. The van der Waals surface area contributed by atoms with E-state index < -0.39 is 10.9 Å². The Morgan fingerprint density at radius 1 is 1.03 bits per heavy atom. The predicted molar refractivity (Wildman–Crippen MR) is 147 cm³/mol. The lowest BCUT2D eigenvalue weighted by Gasteiger charge is -2.27. The second kappa shape index (κ2) is 11.2. The maximum atomic E-state index is 13.6. The molecule has 0 saturated heterocycles. The maximum absolute atomic E-state index is 13.6. The van der Waals surface area contributed by atoms with Gasteiger partial charge < -0.3 is 21.3 Å². The van der Waals surface area contributed by atoms with Gasteiger partial charge in [0.2, 0.25) is 5.91 Å². The van der Waals surface area contributed by atoms with E-state index in [1.54, 1.807) is 18.7 Å². The number of hydrogen-bond acceptors (Lipinski definition) is 5. The highest BCUT2D eigenvalue weighted by Gasteiger charge is 2.34. The van der Waals surface area contributed by atoms with Gasteiger partial charge in [0.15, 0.2) is 5.37 Å². The lowest BCUT2D eigenvalue weighted by atomic mass is 9.98. The van der Waals surface area contributed by atoms with Gasteiger partial charge in [-0.1, -0.05) is 72.4 Å². The monoisotopic (exact) mass is 516 g/mol. The van der Waals surface area contributed by atoms with Crippen LogP contribution in [-0.4, -0.2) is 40.1 Å². The van der Waals surface area contributed by atoms with Crippen molar-refractivity contribution in [2.24, 2.45) is 5.73 Å². The van der Waals surface area contributed by atoms with E-state index >= 15 is 0 Å². The van der Waals surface area contributed by atoms with E-state index in [1.165, 1.54) is 11.8 Å². The quantitative estimate of drug-likeness (QED) is 0.442. The van der Waals surface area contributed by atoms with Gasteiger partial charge in [-0.25, -0.2) is 0 Å². The number of amides is 3. The number of nitrogens with one attached hydrogen (secondary N) is 2. The zero-order valence-electron chi connectivity index (χ0n) is 21.3. The minimum Gasteiger partial charge on any atom is -0.352 e. The summed E-state index contributed by atoms with van der Waals surface area (Å²) in [6.07, 6.45) is 0.